The third-order valence-corrected chi connectivity index (χ3v) is 9.40. The molecule has 0 radical (unpaired) electrons. The maximum absolute atomic E-state index is 15.5. The lowest BCUT2D eigenvalue weighted by Gasteiger charge is -2.30. The molecule has 0 spiro atoms. The average Bonchev–Trinajstić information content (AvgIpc) is 3.70. The molecule has 16 nitrogen and oxygen atoms in total. The van der Waals surface area contributed by atoms with E-state index >= 15 is 8.78 Å². The van der Waals surface area contributed by atoms with Gasteiger partial charge in [-0.2, -0.15) is 27.9 Å². The molecule has 0 bridgehead atoms. The van der Waals surface area contributed by atoms with E-state index in [1.165, 1.54) is 40.1 Å². The van der Waals surface area contributed by atoms with E-state index in [9.17, 15) is 27.3 Å². The number of pyridine rings is 1. The summed E-state index contributed by atoms with van der Waals surface area (Å²) in [7, 11) is -4.28. The first kappa shape index (κ1) is 38.0. The molecule has 1 atom stereocenters. The van der Waals surface area contributed by atoms with Crippen LogP contribution in [0.2, 0.25) is 0 Å². The van der Waals surface area contributed by atoms with Gasteiger partial charge in [0.2, 0.25) is 5.88 Å². The second-order valence-corrected chi connectivity index (χ2v) is 15.7. The fourth-order valence-corrected chi connectivity index (χ4v) is 7.19. The lowest BCUT2D eigenvalue weighted by atomic mass is 10.2. The Labute approximate surface area is 297 Å². The van der Waals surface area contributed by atoms with Gasteiger partial charge in [-0.3, -0.25) is 32.6 Å². The minimum absolute atomic E-state index is 0.00856. The molecule has 1 saturated heterocycles. The van der Waals surface area contributed by atoms with E-state index in [1.54, 1.807) is 41.5 Å². The van der Waals surface area contributed by atoms with Crippen molar-refractivity contribution in [2.75, 3.05) is 18.0 Å². The Morgan fingerprint density at radius 1 is 1.02 bits per heavy atom. The molecule has 0 aliphatic carbocycles. The Kier molecular flexibility index (Phi) is 9.54. The minimum atomic E-state index is -4.58. The lowest BCUT2D eigenvalue weighted by Crippen LogP contribution is -2.36. The van der Waals surface area contributed by atoms with Crippen LogP contribution in [0.5, 0.6) is 5.88 Å². The van der Waals surface area contributed by atoms with Gasteiger partial charge in [0.1, 0.15) is 19.1 Å². The van der Waals surface area contributed by atoms with Gasteiger partial charge in [-0.25, -0.2) is 28.1 Å². The summed E-state index contributed by atoms with van der Waals surface area (Å²) in [4.78, 5) is 37.7. The molecule has 0 saturated carbocycles. The Hall–Kier alpha value is -4.72. The van der Waals surface area contributed by atoms with E-state index in [2.05, 4.69) is 25.1 Å². The van der Waals surface area contributed by atoms with E-state index in [1.807, 2.05) is 0 Å². The van der Waals surface area contributed by atoms with Gasteiger partial charge in [-0.15, -0.1) is 0 Å². The van der Waals surface area contributed by atoms with Crippen molar-refractivity contribution in [1.82, 2.24) is 38.9 Å². The maximum Gasteiger partial charge on any atom is 0.477 e. The van der Waals surface area contributed by atoms with Gasteiger partial charge in [0, 0.05) is 36.0 Å². The second-order valence-electron chi connectivity index (χ2n) is 14.2. The molecule has 53 heavy (non-hydrogen) atoms. The summed E-state index contributed by atoms with van der Waals surface area (Å²) in [5.74, 6) is -3.76. The minimum Gasteiger partial charge on any atom is -0.466 e. The normalized spacial score (nSPS) is 17.0. The zero-order valence-corrected chi connectivity index (χ0v) is 30.1. The van der Waals surface area contributed by atoms with Crippen LogP contribution in [0, 0.1) is 0 Å². The molecule has 0 amide bonds. The van der Waals surface area contributed by atoms with Crippen molar-refractivity contribution in [1.29, 1.82) is 0 Å². The number of phosphoric ester groups is 1. The first-order valence-electron chi connectivity index (χ1n) is 16.0. The number of hydrogen-bond donors (Lipinski definition) is 1. The summed E-state index contributed by atoms with van der Waals surface area (Å²) in [6.45, 7) is 6.40. The molecule has 1 N–H and O–H groups in total. The number of anilines is 1. The highest BCUT2D eigenvalue weighted by molar-refractivity contribution is 7.48. The van der Waals surface area contributed by atoms with E-state index in [0.717, 1.165) is 16.8 Å². The molecule has 0 unspecified atom stereocenters. The van der Waals surface area contributed by atoms with Crippen molar-refractivity contribution in [3.8, 4) is 17.1 Å². The smallest absolute Gasteiger partial charge is 0.466 e. The number of alkyl halides is 5. The first-order chi connectivity index (χ1) is 24.5. The molecular weight excluding hydrogens is 736 g/mol. The molecule has 1 aliphatic heterocycles. The highest BCUT2D eigenvalue weighted by atomic mass is 31.2. The van der Waals surface area contributed by atoms with Crippen molar-refractivity contribution in [2.24, 2.45) is 0 Å². The van der Waals surface area contributed by atoms with Crippen molar-refractivity contribution in [3.63, 3.8) is 0 Å². The van der Waals surface area contributed by atoms with Crippen LogP contribution < -0.4 is 20.9 Å². The number of nitrogens with zero attached hydrogens (tertiary/aromatic N) is 8. The van der Waals surface area contributed by atoms with Crippen LogP contribution in [0.1, 0.15) is 41.5 Å². The molecule has 5 aromatic heterocycles. The zero-order valence-electron chi connectivity index (χ0n) is 29.2. The number of halogens is 5. The SMILES string of the molecule is CC(C)(C)OP(=O)(OCn1cc(-c2cc(N3C[C@H](Oc4cc5c(cn4)cnn5CC(F)(F)F)C(F)(F)C3)n3nccc3n2)c(=O)[nH]c1=O)OC(C)(C)C. The highest BCUT2D eigenvalue weighted by Crippen LogP contribution is 2.55. The maximum atomic E-state index is 15.5. The topological polar surface area (TPSA) is 173 Å². The van der Waals surface area contributed by atoms with Gasteiger partial charge >= 0.3 is 25.6 Å². The van der Waals surface area contributed by atoms with Crippen LogP contribution in [0.3, 0.4) is 0 Å². The Balaban J connectivity index is 1.29. The van der Waals surface area contributed by atoms with Crippen molar-refractivity contribution < 1.29 is 44.8 Å². The average molecular weight is 772 g/mol. The van der Waals surface area contributed by atoms with Crippen molar-refractivity contribution in [3.05, 3.63) is 63.8 Å². The summed E-state index contributed by atoms with van der Waals surface area (Å²) in [5.41, 5.74) is -3.79. The molecule has 1 aliphatic rings. The van der Waals surface area contributed by atoms with Crippen LogP contribution in [0.4, 0.5) is 27.8 Å². The third kappa shape index (κ3) is 8.75. The Morgan fingerprint density at radius 2 is 1.72 bits per heavy atom. The van der Waals surface area contributed by atoms with E-state index in [0.29, 0.717) is 4.68 Å². The monoisotopic (exact) mass is 771 g/mol. The van der Waals surface area contributed by atoms with Crippen LogP contribution in [-0.4, -0.2) is 81.4 Å². The van der Waals surface area contributed by atoms with Gasteiger partial charge in [0.15, 0.2) is 11.8 Å². The first-order valence-corrected chi connectivity index (χ1v) is 17.5. The molecule has 6 rings (SSSR count). The molecule has 6 heterocycles. The number of phosphoric acid groups is 1. The lowest BCUT2D eigenvalue weighted by molar-refractivity contribution is -0.141. The third-order valence-electron chi connectivity index (χ3n) is 7.43. The summed E-state index contributed by atoms with van der Waals surface area (Å²) in [5, 5.41) is 8.15. The zero-order chi connectivity index (χ0) is 38.7. The Bertz CT molecular complexity index is 2310. The molecule has 22 heteroatoms. The number of H-pyrrole nitrogens is 1. The summed E-state index contributed by atoms with van der Waals surface area (Å²) in [6.07, 6.45) is -1.57. The van der Waals surface area contributed by atoms with E-state index in [-0.39, 0.29) is 39.5 Å². The number of nitrogens with one attached hydrogen (secondary N) is 1. The van der Waals surface area contributed by atoms with Crippen LogP contribution in [-0.2, 0) is 31.4 Å². The van der Waals surface area contributed by atoms with E-state index in [4.69, 9.17) is 18.3 Å². The molecule has 1 fully saturated rings. The number of fused-ring (bicyclic) bond motifs is 2. The summed E-state index contributed by atoms with van der Waals surface area (Å²) < 4.78 is 109. The van der Waals surface area contributed by atoms with E-state index < -0.39 is 74.8 Å². The Morgan fingerprint density at radius 3 is 2.38 bits per heavy atom. The second kappa shape index (κ2) is 13.3. The fraction of sp³-hybridized carbons (Fsp3) is 0.484. The number of hydrogen-bond acceptors (Lipinski definition) is 12. The largest absolute Gasteiger partial charge is 0.477 e. The molecule has 0 aromatic carbocycles. The molecule has 286 valence electrons. The van der Waals surface area contributed by atoms with Crippen molar-refractivity contribution >= 4 is 30.2 Å². The number of rotatable bonds is 10. The predicted octanol–water partition coefficient (Wildman–Crippen LogP) is 5.17. The fourth-order valence-electron chi connectivity index (χ4n) is 5.44. The van der Waals surface area contributed by atoms with Gasteiger partial charge in [0.05, 0.1) is 53.5 Å². The van der Waals surface area contributed by atoms with Crippen LogP contribution in [0.15, 0.2) is 52.6 Å². The number of ether oxygens (including phenoxy) is 1. The summed E-state index contributed by atoms with van der Waals surface area (Å²) in [6, 6.07) is 3.89. The standard InChI is InChI=1S/C31H35F5N9O7P/c1-28(2,3)51-53(48,52-29(4,5)6)49-17-43-13-19(26(46)41-27(43)47)20-9-25(45-23(40-20)7-8-38-45)42-14-22(30(32,33)15-42)50-24-10-21-18(11-37-24)12-39-44(21)16-31(34,35)36/h7-13,22H,14-17H2,1-6H3,(H,41,46,47)/t22-/m0/s1. The predicted molar refractivity (Wildman–Crippen MR) is 179 cm³/mol. The van der Waals surface area contributed by atoms with Crippen LogP contribution in [0.25, 0.3) is 27.8 Å². The van der Waals surface area contributed by atoms with Crippen molar-refractivity contribution in [2.45, 2.75) is 84.2 Å². The van der Waals surface area contributed by atoms with Gasteiger partial charge < -0.3 is 9.64 Å². The number of aromatic nitrogens is 8. The van der Waals surface area contributed by atoms with Gasteiger partial charge in [0.25, 0.3) is 5.56 Å². The molecular formula is C31H35F5N9O7P. The van der Waals surface area contributed by atoms with Gasteiger partial charge in [-0.05, 0) is 41.5 Å². The molecule has 5 aromatic rings. The number of aromatic amines is 1. The highest BCUT2D eigenvalue weighted by Gasteiger charge is 2.51. The van der Waals surface area contributed by atoms with Crippen LogP contribution >= 0.6 is 7.82 Å². The van der Waals surface area contributed by atoms with Gasteiger partial charge in [-0.1, -0.05) is 0 Å². The quantitative estimate of drug-likeness (QED) is 0.146. The summed E-state index contributed by atoms with van der Waals surface area (Å²) >= 11 is 0.